The summed E-state index contributed by atoms with van der Waals surface area (Å²) in [6.07, 6.45) is -4.37. The number of aryl methyl sites for hydroxylation is 1. The van der Waals surface area contributed by atoms with Crippen molar-refractivity contribution in [2.24, 2.45) is 14.1 Å². The quantitative estimate of drug-likeness (QED) is 0.819. The van der Waals surface area contributed by atoms with Gasteiger partial charge < -0.3 is 4.90 Å². The van der Waals surface area contributed by atoms with Crippen molar-refractivity contribution in [2.75, 3.05) is 13.6 Å². The standard InChI is InChI=1S/C14H15F3N4O3/c1-19(5-4-14(15,16)17)11(22)8-6-9-10(18-7-8)20(2)13(24)21(3)12(9)23/h6-7H,4-5H2,1-3H3. The minimum Gasteiger partial charge on any atom is -0.341 e. The fraction of sp³-hybridized carbons (Fsp3) is 0.429. The second-order valence-corrected chi connectivity index (χ2v) is 5.39. The minimum atomic E-state index is -4.37. The first-order valence-corrected chi connectivity index (χ1v) is 6.91. The summed E-state index contributed by atoms with van der Waals surface area (Å²) in [5, 5.41) is 0.0367. The lowest BCUT2D eigenvalue weighted by Gasteiger charge is -2.18. The summed E-state index contributed by atoms with van der Waals surface area (Å²) in [4.78, 5) is 41.0. The molecule has 0 saturated heterocycles. The van der Waals surface area contributed by atoms with E-state index in [1.54, 1.807) is 0 Å². The Labute approximate surface area is 133 Å². The minimum absolute atomic E-state index is 0.0251. The predicted molar refractivity (Wildman–Crippen MR) is 79.9 cm³/mol. The van der Waals surface area contributed by atoms with E-state index in [2.05, 4.69) is 4.98 Å². The monoisotopic (exact) mass is 344 g/mol. The molecule has 0 aromatic carbocycles. The summed E-state index contributed by atoms with van der Waals surface area (Å²) in [5.41, 5.74) is -1.13. The van der Waals surface area contributed by atoms with Gasteiger partial charge >= 0.3 is 11.9 Å². The van der Waals surface area contributed by atoms with Crippen molar-refractivity contribution in [3.8, 4) is 0 Å². The van der Waals surface area contributed by atoms with Crippen LogP contribution in [0.15, 0.2) is 21.9 Å². The SMILES string of the molecule is CN(CCC(F)(F)F)C(=O)c1cnc2c(c1)c(=O)n(C)c(=O)n2C. The molecule has 2 aromatic heterocycles. The molecule has 10 heteroatoms. The second-order valence-electron chi connectivity index (χ2n) is 5.39. The van der Waals surface area contributed by atoms with Crippen molar-refractivity contribution < 1.29 is 18.0 Å². The molecular weight excluding hydrogens is 329 g/mol. The van der Waals surface area contributed by atoms with Crippen LogP contribution in [0.2, 0.25) is 0 Å². The summed E-state index contributed by atoms with van der Waals surface area (Å²) >= 11 is 0. The third kappa shape index (κ3) is 3.31. The van der Waals surface area contributed by atoms with Crippen LogP contribution in [-0.2, 0) is 14.1 Å². The molecule has 0 aliphatic heterocycles. The van der Waals surface area contributed by atoms with E-state index < -0.39 is 36.3 Å². The van der Waals surface area contributed by atoms with Gasteiger partial charge in [-0.2, -0.15) is 13.2 Å². The van der Waals surface area contributed by atoms with Gasteiger partial charge in [-0.05, 0) is 6.07 Å². The Morgan fingerprint density at radius 3 is 2.46 bits per heavy atom. The van der Waals surface area contributed by atoms with Crippen LogP contribution in [0.1, 0.15) is 16.8 Å². The van der Waals surface area contributed by atoms with Crippen molar-refractivity contribution in [3.05, 3.63) is 38.7 Å². The number of aromatic nitrogens is 3. The Balaban J connectivity index is 2.42. The summed E-state index contributed by atoms with van der Waals surface area (Å²) in [7, 11) is 3.94. The number of hydrogen-bond donors (Lipinski definition) is 0. The first kappa shape index (κ1) is 17.7. The lowest BCUT2D eigenvalue weighted by Crippen LogP contribution is -2.37. The normalized spacial score (nSPS) is 11.8. The molecular formula is C14H15F3N4O3. The number of carbonyl (C=O) groups is 1. The molecule has 0 fully saturated rings. The van der Waals surface area contributed by atoms with Crippen molar-refractivity contribution in [3.63, 3.8) is 0 Å². The van der Waals surface area contributed by atoms with Crippen LogP contribution < -0.4 is 11.2 Å². The molecule has 0 unspecified atom stereocenters. The highest BCUT2D eigenvalue weighted by Gasteiger charge is 2.28. The summed E-state index contributed by atoms with van der Waals surface area (Å²) < 4.78 is 38.7. The van der Waals surface area contributed by atoms with Gasteiger partial charge in [0.1, 0.15) is 5.65 Å². The van der Waals surface area contributed by atoms with Gasteiger partial charge in [-0.15, -0.1) is 0 Å². The fourth-order valence-electron chi connectivity index (χ4n) is 2.20. The first-order chi connectivity index (χ1) is 11.0. The summed E-state index contributed by atoms with van der Waals surface area (Å²) in [6.45, 7) is -0.508. The zero-order valence-corrected chi connectivity index (χ0v) is 13.2. The Morgan fingerprint density at radius 1 is 1.25 bits per heavy atom. The lowest BCUT2D eigenvalue weighted by molar-refractivity contribution is -0.136. The molecule has 0 bridgehead atoms. The van der Waals surface area contributed by atoms with Gasteiger partial charge in [-0.3, -0.25) is 18.7 Å². The van der Waals surface area contributed by atoms with E-state index in [0.717, 1.165) is 20.2 Å². The predicted octanol–water partition coefficient (Wildman–Crippen LogP) is 0.657. The molecule has 2 aromatic rings. The van der Waals surface area contributed by atoms with Gasteiger partial charge in [0.05, 0.1) is 17.4 Å². The molecule has 0 atom stereocenters. The van der Waals surface area contributed by atoms with Crippen molar-refractivity contribution >= 4 is 16.9 Å². The molecule has 7 nitrogen and oxygen atoms in total. The number of fused-ring (bicyclic) bond motifs is 1. The Hall–Kier alpha value is -2.65. The Morgan fingerprint density at radius 2 is 1.88 bits per heavy atom. The number of amides is 1. The average molecular weight is 344 g/mol. The maximum absolute atomic E-state index is 12.2. The molecule has 0 spiro atoms. The molecule has 2 heterocycles. The van der Waals surface area contributed by atoms with E-state index in [4.69, 9.17) is 0 Å². The number of alkyl halides is 3. The highest BCUT2D eigenvalue weighted by molar-refractivity contribution is 5.96. The van der Waals surface area contributed by atoms with Crippen molar-refractivity contribution in [1.82, 2.24) is 19.0 Å². The van der Waals surface area contributed by atoms with Gasteiger partial charge in [0.25, 0.3) is 11.5 Å². The van der Waals surface area contributed by atoms with E-state index in [-0.39, 0.29) is 16.6 Å². The van der Waals surface area contributed by atoms with Crippen molar-refractivity contribution in [1.29, 1.82) is 0 Å². The molecule has 0 aliphatic carbocycles. The van der Waals surface area contributed by atoms with E-state index >= 15 is 0 Å². The van der Waals surface area contributed by atoms with Gasteiger partial charge in [0.15, 0.2) is 0 Å². The first-order valence-electron chi connectivity index (χ1n) is 6.91. The fourth-order valence-corrected chi connectivity index (χ4v) is 2.20. The molecule has 0 saturated carbocycles. The smallest absolute Gasteiger partial charge is 0.341 e. The van der Waals surface area contributed by atoms with Crippen LogP contribution in [0.4, 0.5) is 13.2 Å². The number of nitrogens with zero attached hydrogens (tertiary/aromatic N) is 4. The van der Waals surface area contributed by atoms with Crippen molar-refractivity contribution in [2.45, 2.75) is 12.6 Å². The second kappa shape index (κ2) is 6.10. The number of hydrogen-bond acceptors (Lipinski definition) is 4. The summed E-state index contributed by atoms with van der Waals surface area (Å²) in [5.74, 6) is -0.690. The largest absolute Gasteiger partial charge is 0.390 e. The zero-order chi connectivity index (χ0) is 18.2. The molecule has 0 N–H and O–H groups in total. The third-order valence-corrected chi connectivity index (χ3v) is 3.62. The van der Waals surface area contributed by atoms with E-state index in [1.807, 2.05) is 0 Å². The highest BCUT2D eigenvalue weighted by atomic mass is 19.4. The van der Waals surface area contributed by atoms with Crippen LogP contribution in [0.5, 0.6) is 0 Å². The maximum Gasteiger partial charge on any atom is 0.390 e. The van der Waals surface area contributed by atoms with Crippen LogP contribution in [0, 0.1) is 0 Å². The molecule has 1 amide bonds. The van der Waals surface area contributed by atoms with Gasteiger partial charge in [0.2, 0.25) is 0 Å². The maximum atomic E-state index is 12.2. The summed E-state index contributed by atoms with van der Waals surface area (Å²) in [6, 6.07) is 1.23. The topological polar surface area (TPSA) is 77.2 Å². The van der Waals surface area contributed by atoms with Crippen LogP contribution in [0.3, 0.4) is 0 Å². The number of pyridine rings is 1. The van der Waals surface area contributed by atoms with Gasteiger partial charge in [-0.1, -0.05) is 0 Å². The average Bonchev–Trinajstić information content (AvgIpc) is 2.53. The van der Waals surface area contributed by atoms with Crippen LogP contribution >= 0.6 is 0 Å². The van der Waals surface area contributed by atoms with Crippen LogP contribution in [-0.4, -0.2) is 44.7 Å². The number of rotatable bonds is 3. The molecule has 130 valence electrons. The Bertz CT molecular complexity index is 914. The molecule has 2 rings (SSSR count). The lowest BCUT2D eigenvalue weighted by atomic mass is 10.2. The zero-order valence-electron chi connectivity index (χ0n) is 13.2. The Kier molecular flexibility index (Phi) is 4.50. The highest BCUT2D eigenvalue weighted by Crippen LogP contribution is 2.20. The van der Waals surface area contributed by atoms with E-state index in [9.17, 15) is 27.6 Å². The van der Waals surface area contributed by atoms with Gasteiger partial charge in [0, 0.05) is 33.9 Å². The molecule has 0 radical (unpaired) electrons. The molecule has 0 aliphatic rings. The molecule has 24 heavy (non-hydrogen) atoms. The van der Waals surface area contributed by atoms with Gasteiger partial charge in [-0.25, -0.2) is 9.78 Å². The van der Waals surface area contributed by atoms with Crippen LogP contribution in [0.25, 0.3) is 11.0 Å². The number of carbonyl (C=O) groups excluding carboxylic acids is 1. The van der Waals surface area contributed by atoms with E-state index in [0.29, 0.717) is 0 Å². The number of halogens is 3. The third-order valence-electron chi connectivity index (χ3n) is 3.62. The van der Waals surface area contributed by atoms with E-state index in [1.165, 1.54) is 27.2 Å².